The van der Waals surface area contributed by atoms with Gasteiger partial charge in [0.25, 0.3) is 0 Å². The van der Waals surface area contributed by atoms with Gasteiger partial charge in [-0.25, -0.2) is 9.18 Å². The Morgan fingerprint density at radius 2 is 1.95 bits per heavy atom. The lowest BCUT2D eigenvalue weighted by Gasteiger charge is -2.11. The van der Waals surface area contributed by atoms with Gasteiger partial charge in [0.2, 0.25) is 0 Å². The van der Waals surface area contributed by atoms with Crippen molar-refractivity contribution >= 4 is 23.3 Å². The van der Waals surface area contributed by atoms with Crippen LogP contribution in [0.3, 0.4) is 0 Å². The first-order valence-corrected chi connectivity index (χ1v) is 6.99. The number of rotatable bonds is 4. The van der Waals surface area contributed by atoms with Gasteiger partial charge in [0, 0.05) is 17.3 Å². The number of amides is 2. The zero-order valence-electron chi connectivity index (χ0n) is 11.6. The molecule has 3 nitrogen and oxygen atoms in total. The Balaban J connectivity index is 1.85. The third kappa shape index (κ3) is 4.20. The standard InChI is InChI=1S/C16H16ClFN2O/c1-11-13(17)6-4-8-15(11)20-16(21)19-10-9-12-5-2-3-7-14(12)18/h2-8H,9-10H2,1H3,(H2,19,20,21). The smallest absolute Gasteiger partial charge is 0.319 e. The van der Waals surface area contributed by atoms with Crippen LogP contribution in [0.2, 0.25) is 5.02 Å². The summed E-state index contributed by atoms with van der Waals surface area (Å²) in [6.45, 7) is 2.18. The van der Waals surface area contributed by atoms with E-state index < -0.39 is 0 Å². The van der Waals surface area contributed by atoms with E-state index in [0.29, 0.717) is 29.2 Å². The second kappa shape index (κ2) is 7.09. The molecule has 0 aliphatic heterocycles. The molecule has 2 aromatic rings. The number of urea groups is 1. The third-order valence-corrected chi connectivity index (χ3v) is 3.56. The van der Waals surface area contributed by atoms with Crippen molar-refractivity contribution in [1.82, 2.24) is 5.32 Å². The molecular weight excluding hydrogens is 291 g/mol. The molecule has 0 aliphatic rings. The van der Waals surface area contributed by atoms with E-state index in [0.717, 1.165) is 5.56 Å². The first kappa shape index (κ1) is 15.3. The molecule has 2 aromatic carbocycles. The molecule has 0 spiro atoms. The summed E-state index contributed by atoms with van der Waals surface area (Å²) in [6.07, 6.45) is 0.439. The number of hydrogen-bond donors (Lipinski definition) is 2. The average molecular weight is 307 g/mol. The molecule has 0 fully saturated rings. The van der Waals surface area contributed by atoms with E-state index in [1.165, 1.54) is 6.07 Å². The Hall–Kier alpha value is -2.07. The third-order valence-electron chi connectivity index (χ3n) is 3.15. The summed E-state index contributed by atoms with van der Waals surface area (Å²) in [5.41, 5.74) is 2.05. The fourth-order valence-electron chi connectivity index (χ4n) is 1.92. The lowest BCUT2D eigenvalue weighted by atomic mass is 10.1. The van der Waals surface area contributed by atoms with Crippen LogP contribution in [0.25, 0.3) is 0 Å². The van der Waals surface area contributed by atoms with Gasteiger partial charge in [0.1, 0.15) is 5.82 Å². The molecule has 0 saturated heterocycles. The van der Waals surface area contributed by atoms with Gasteiger partial charge in [-0.1, -0.05) is 35.9 Å². The minimum Gasteiger partial charge on any atom is -0.338 e. The van der Waals surface area contributed by atoms with Crippen LogP contribution in [-0.2, 0) is 6.42 Å². The highest BCUT2D eigenvalue weighted by Gasteiger charge is 2.06. The highest BCUT2D eigenvalue weighted by molar-refractivity contribution is 6.31. The lowest BCUT2D eigenvalue weighted by molar-refractivity contribution is 0.252. The van der Waals surface area contributed by atoms with Crippen LogP contribution in [0.1, 0.15) is 11.1 Å². The summed E-state index contributed by atoms with van der Waals surface area (Å²) >= 11 is 5.99. The number of carbonyl (C=O) groups is 1. The van der Waals surface area contributed by atoms with Gasteiger partial charge in [0.05, 0.1) is 0 Å². The Morgan fingerprint density at radius 1 is 1.19 bits per heavy atom. The Labute approximate surface area is 128 Å². The number of benzene rings is 2. The van der Waals surface area contributed by atoms with Crippen LogP contribution >= 0.6 is 11.6 Å². The normalized spacial score (nSPS) is 10.2. The minimum absolute atomic E-state index is 0.259. The predicted molar refractivity (Wildman–Crippen MR) is 83.3 cm³/mol. The monoisotopic (exact) mass is 306 g/mol. The first-order valence-electron chi connectivity index (χ1n) is 6.61. The van der Waals surface area contributed by atoms with E-state index in [9.17, 15) is 9.18 Å². The van der Waals surface area contributed by atoms with Crippen molar-refractivity contribution in [1.29, 1.82) is 0 Å². The molecular formula is C16H16ClFN2O. The Bertz CT molecular complexity index is 646. The molecule has 2 N–H and O–H groups in total. The van der Waals surface area contributed by atoms with Crippen molar-refractivity contribution in [2.24, 2.45) is 0 Å². The molecule has 0 aromatic heterocycles. The van der Waals surface area contributed by atoms with Crippen LogP contribution in [-0.4, -0.2) is 12.6 Å². The van der Waals surface area contributed by atoms with Crippen molar-refractivity contribution in [3.63, 3.8) is 0 Å². The molecule has 5 heteroatoms. The predicted octanol–water partition coefficient (Wildman–Crippen LogP) is 4.15. The number of carbonyl (C=O) groups excluding carboxylic acids is 1. The molecule has 2 rings (SSSR count). The minimum atomic E-state index is -0.336. The SMILES string of the molecule is Cc1c(Cl)cccc1NC(=O)NCCc1ccccc1F. The summed E-state index contributed by atoms with van der Waals surface area (Å²) < 4.78 is 13.4. The lowest BCUT2D eigenvalue weighted by Crippen LogP contribution is -2.30. The van der Waals surface area contributed by atoms with E-state index in [1.54, 1.807) is 36.4 Å². The van der Waals surface area contributed by atoms with Gasteiger partial charge in [-0.3, -0.25) is 0 Å². The number of hydrogen-bond acceptors (Lipinski definition) is 1. The van der Waals surface area contributed by atoms with Crippen molar-refractivity contribution in [3.8, 4) is 0 Å². The van der Waals surface area contributed by atoms with Gasteiger partial charge in [-0.15, -0.1) is 0 Å². The van der Waals surface area contributed by atoms with Gasteiger partial charge in [-0.2, -0.15) is 0 Å². The molecule has 0 heterocycles. The summed E-state index contributed by atoms with van der Waals surface area (Å²) in [7, 11) is 0. The molecule has 2 amide bonds. The molecule has 0 saturated carbocycles. The second-order valence-corrected chi connectivity index (χ2v) is 5.04. The maximum absolute atomic E-state index is 13.4. The van der Waals surface area contributed by atoms with Crippen LogP contribution in [0.4, 0.5) is 14.9 Å². The fourth-order valence-corrected chi connectivity index (χ4v) is 2.10. The van der Waals surface area contributed by atoms with E-state index in [2.05, 4.69) is 10.6 Å². The molecule has 110 valence electrons. The van der Waals surface area contributed by atoms with Crippen molar-refractivity contribution in [2.75, 3.05) is 11.9 Å². The van der Waals surface area contributed by atoms with Gasteiger partial charge in [0.15, 0.2) is 0 Å². The molecule has 21 heavy (non-hydrogen) atoms. The molecule has 0 bridgehead atoms. The van der Waals surface area contributed by atoms with E-state index in [4.69, 9.17) is 11.6 Å². The topological polar surface area (TPSA) is 41.1 Å². The van der Waals surface area contributed by atoms with Gasteiger partial charge >= 0.3 is 6.03 Å². The second-order valence-electron chi connectivity index (χ2n) is 4.63. The zero-order chi connectivity index (χ0) is 15.2. The van der Waals surface area contributed by atoms with Crippen molar-refractivity contribution in [2.45, 2.75) is 13.3 Å². The highest BCUT2D eigenvalue weighted by Crippen LogP contribution is 2.22. The number of halogens is 2. The quantitative estimate of drug-likeness (QED) is 0.875. The molecule has 0 atom stereocenters. The van der Waals surface area contributed by atoms with Crippen molar-refractivity contribution in [3.05, 3.63) is 64.4 Å². The van der Waals surface area contributed by atoms with E-state index in [1.807, 2.05) is 6.92 Å². The molecule has 0 radical (unpaired) electrons. The summed E-state index contributed by atoms with van der Waals surface area (Å²) in [4.78, 5) is 11.8. The largest absolute Gasteiger partial charge is 0.338 e. The zero-order valence-corrected chi connectivity index (χ0v) is 12.4. The van der Waals surface area contributed by atoms with Gasteiger partial charge in [-0.05, 0) is 42.7 Å². The summed E-state index contributed by atoms with van der Waals surface area (Å²) in [5.74, 6) is -0.259. The number of anilines is 1. The molecule has 0 unspecified atom stereocenters. The van der Waals surface area contributed by atoms with Crippen LogP contribution < -0.4 is 10.6 Å². The maximum Gasteiger partial charge on any atom is 0.319 e. The summed E-state index contributed by atoms with van der Waals surface area (Å²) in [6, 6.07) is 11.5. The Kier molecular flexibility index (Phi) is 5.17. The van der Waals surface area contributed by atoms with Gasteiger partial charge < -0.3 is 10.6 Å². The van der Waals surface area contributed by atoms with Crippen molar-refractivity contribution < 1.29 is 9.18 Å². The van der Waals surface area contributed by atoms with E-state index >= 15 is 0 Å². The maximum atomic E-state index is 13.4. The number of nitrogens with one attached hydrogen (secondary N) is 2. The highest BCUT2D eigenvalue weighted by atomic mass is 35.5. The van der Waals surface area contributed by atoms with Crippen LogP contribution in [0.5, 0.6) is 0 Å². The van der Waals surface area contributed by atoms with Crippen LogP contribution in [0, 0.1) is 12.7 Å². The average Bonchev–Trinajstić information content (AvgIpc) is 2.46. The fraction of sp³-hybridized carbons (Fsp3) is 0.188. The van der Waals surface area contributed by atoms with E-state index in [-0.39, 0.29) is 11.8 Å². The van der Waals surface area contributed by atoms with Crippen LogP contribution in [0.15, 0.2) is 42.5 Å². The molecule has 0 aliphatic carbocycles. The summed E-state index contributed by atoms with van der Waals surface area (Å²) in [5, 5.41) is 6.01. The first-order chi connectivity index (χ1) is 10.1. The Morgan fingerprint density at radius 3 is 2.71 bits per heavy atom.